The van der Waals surface area contributed by atoms with Crippen LogP contribution in [0.1, 0.15) is 29.6 Å². The van der Waals surface area contributed by atoms with Crippen LogP contribution in [0.4, 0.5) is 0 Å². The molecule has 0 unspecified atom stereocenters. The Morgan fingerprint density at radius 3 is 2.81 bits per heavy atom. The molecule has 9 heteroatoms. The minimum atomic E-state index is -3.57. The summed E-state index contributed by atoms with van der Waals surface area (Å²) in [5, 5.41) is 9.19. The van der Waals surface area contributed by atoms with Crippen LogP contribution in [0, 0.1) is 11.3 Å². The average molecular weight is 370 g/mol. The van der Waals surface area contributed by atoms with Gasteiger partial charge in [0.1, 0.15) is 17.4 Å². The summed E-state index contributed by atoms with van der Waals surface area (Å²) in [6.07, 6.45) is 1.98. The summed E-state index contributed by atoms with van der Waals surface area (Å²) in [7, 11) is -2.19. The summed E-state index contributed by atoms with van der Waals surface area (Å²) in [4.78, 5) is 13.2. The van der Waals surface area contributed by atoms with Crippen molar-refractivity contribution in [2.45, 2.75) is 18.9 Å². The molecule has 0 saturated carbocycles. The highest BCUT2D eigenvalue weighted by atomic mass is 32.2. The van der Waals surface area contributed by atoms with Crippen LogP contribution in [-0.2, 0) is 22.0 Å². The van der Waals surface area contributed by atoms with Gasteiger partial charge >= 0.3 is 0 Å². The Bertz CT molecular complexity index is 1030. The minimum Gasteiger partial charge on any atom is -0.369 e. The number of nitrogens with two attached hydrogens (primary N) is 1. The third-order valence-corrected chi connectivity index (χ3v) is 6.23. The highest BCUT2D eigenvalue weighted by Crippen LogP contribution is 2.30. The summed E-state index contributed by atoms with van der Waals surface area (Å²) < 4.78 is 25.6. The van der Waals surface area contributed by atoms with Gasteiger partial charge in [0.2, 0.25) is 16.0 Å². The lowest BCUT2D eigenvalue weighted by molar-refractivity contribution is 0.467. The second-order valence-corrected chi connectivity index (χ2v) is 8.27. The Labute approximate surface area is 152 Å². The maximum absolute atomic E-state index is 12.3. The average Bonchev–Trinajstić information content (AvgIpc) is 2.60. The zero-order valence-corrected chi connectivity index (χ0v) is 15.2. The van der Waals surface area contributed by atoms with Crippen LogP contribution >= 0.6 is 0 Å². The fraction of sp³-hybridized carbons (Fsp3) is 0.294. The topological polar surface area (TPSA) is 125 Å². The number of hydrogen-bond acceptors (Lipinski definition) is 7. The van der Waals surface area contributed by atoms with Gasteiger partial charge in [0.25, 0.3) is 0 Å². The van der Waals surface area contributed by atoms with Gasteiger partial charge in [-0.05, 0) is 31.2 Å². The lowest BCUT2D eigenvalue weighted by Gasteiger charge is -2.33. The van der Waals surface area contributed by atoms with Gasteiger partial charge in [-0.25, -0.2) is 17.7 Å². The molecular weight excluding hydrogens is 352 g/mol. The van der Waals surface area contributed by atoms with Gasteiger partial charge in [0.15, 0.2) is 0 Å². The largest absolute Gasteiger partial charge is 0.369 e. The van der Waals surface area contributed by atoms with Crippen molar-refractivity contribution in [3.63, 3.8) is 0 Å². The molecule has 0 spiro atoms. The molecule has 0 fully saturated rings. The monoisotopic (exact) mass is 370 g/mol. The third kappa shape index (κ3) is 3.23. The Hall–Kier alpha value is -2.99. The number of nitriles is 1. The number of nitrogens with zero attached hydrogens (tertiary/aromatic N) is 5. The van der Waals surface area contributed by atoms with Crippen LogP contribution < -0.4 is 5.73 Å². The Kier molecular flexibility index (Phi) is 4.38. The predicted octanol–water partition coefficient (Wildman–Crippen LogP) is 0.744. The molecule has 8 nitrogen and oxygen atoms in total. The van der Waals surface area contributed by atoms with E-state index in [1.165, 1.54) is 7.05 Å². The maximum atomic E-state index is 12.3. The van der Waals surface area contributed by atoms with Gasteiger partial charge in [0.05, 0.1) is 17.0 Å². The molecule has 134 valence electrons. The number of aliphatic imine (C=N–C) groups is 1. The van der Waals surface area contributed by atoms with Crippen LogP contribution in [-0.4, -0.2) is 41.5 Å². The lowest BCUT2D eigenvalue weighted by atomic mass is 9.99. The van der Waals surface area contributed by atoms with Gasteiger partial charge < -0.3 is 5.73 Å². The van der Waals surface area contributed by atoms with E-state index in [9.17, 15) is 13.7 Å². The smallest absolute Gasteiger partial charge is 0.239 e. The second-order valence-electron chi connectivity index (χ2n) is 6.27. The third-order valence-electron chi connectivity index (χ3n) is 4.28. The first-order valence-electron chi connectivity index (χ1n) is 7.87. The molecule has 0 aliphatic carbocycles. The number of aromatic nitrogens is 2. The fourth-order valence-electron chi connectivity index (χ4n) is 2.81. The van der Waals surface area contributed by atoms with Crippen molar-refractivity contribution in [2.24, 2.45) is 10.7 Å². The molecule has 2 aromatic heterocycles. The molecule has 1 atom stereocenters. The first kappa shape index (κ1) is 17.8. The van der Waals surface area contributed by atoms with Crippen molar-refractivity contribution < 1.29 is 8.42 Å². The van der Waals surface area contributed by atoms with Crippen LogP contribution in [0.25, 0.3) is 0 Å². The van der Waals surface area contributed by atoms with E-state index in [0.717, 1.165) is 4.31 Å². The highest BCUT2D eigenvalue weighted by Gasteiger charge is 2.41. The van der Waals surface area contributed by atoms with E-state index in [1.807, 2.05) is 0 Å². The Morgan fingerprint density at radius 1 is 1.35 bits per heavy atom. The highest BCUT2D eigenvalue weighted by molar-refractivity contribution is 7.89. The van der Waals surface area contributed by atoms with Crippen molar-refractivity contribution in [1.82, 2.24) is 14.3 Å². The molecule has 0 radical (unpaired) electrons. The van der Waals surface area contributed by atoms with Crippen molar-refractivity contribution in [1.29, 1.82) is 5.26 Å². The molecule has 3 heterocycles. The molecule has 26 heavy (non-hydrogen) atoms. The summed E-state index contributed by atoms with van der Waals surface area (Å²) in [5.41, 5.74) is 6.98. The van der Waals surface area contributed by atoms with E-state index in [4.69, 9.17) is 5.73 Å². The molecule has 3 rings (SSSR count). The summed E-state index contributed by atoms with van der Waals surface area (Å²) in [6, 6.07) is 10.8. The molecule has 0 aromatic carbocycles. The van der Waals surface area contributed by atoms with Crippen LogP contribution in [0.3, 0.4) is 0 Å². The molecule has 1 aliphatic rings. The summed E-state index contributed by atoms with van der Waals surface area (Å²) in [6.45, 7) is 1.69. The summed E-state index contributed by atoms with van der Waals surface area (Å²) in [5.74, 6) is -0.289. The summed E-state index contributed by atoms with van der Waals surface area (Å²) >= 11 is 0. The van der Waals surface area contributed by atoms with Gasteiger partial charge in [-0.1, -0.05) is 6.07 Å². The maximum Gasteiger partial charge on any atom is 0.239 e. The standard InChI is InChI=1S/C17H18N6O2S/c1-17(11-26(24,25)23(2)16(19)22-17)15-7-3-6-13(21-15)9-14-12(10-18)5-4-8-20-14/h3-8H,9,11H2,1-2H3,(H2,19,22)/t17-/m0/s1. The van der Waals surface area contributed by atoms with Crippen molar-refractivity contribution in [2.75, 3.05) is 12.8 Å². The number of pyridine rings is 2. The van der Waals surface area contributed by atoms with Crippen molar-refractivity contribution in [3.05, 3.63) is 59.2 Å². The van der Waals surface area contributed by atoms with E-state index >= 15 is 0 Å². The number of hydrogen-bond donors (Lipinski definition) is 1. The zero-order chi connectivity index (χ0) is 18.9. The van der Waals surface area contributed by atoms with Gasteiger partial charge in [0, 0.05) is 25.4 Å². The number of sulfonamides is 1. The quantitative estimate of drug-likeness (QED) is 0.849. The fourth-order valence-corrected chi connectivity index (χ4v) is 4.25. The predicted molar refractivity (Wildman–Crippen MR) is 96.5 cm³/mol. The zero-order valence-electron chi connectivity index (χ0n) is 14.4. The molecular formula is C17H18N6O2S. The van der Waals surface area contributed by atoms with Crippen molar-refractivity contribution >= 4 is 16.0 Å². The molecule has 2 N–H and O–H groups in total. The molecule has 1 aliphatic heterocycles. The minimum absolute atomic E-state index is 0.0672. The normalized spacial score (nSPS) is 21.7. The van der Waals surface area contributed by atoms with E-state index < -0.39 is 15.6 Å². The lowest BCUT2D eigenvalue weighted by Crippen LogP contribution is -2.50. The molecule has 0 bridgehead atoms. The van der Waals surface area contributed by atoms with E-state index in [1.54, 1.807) is 43.5 Å². The first-order valence-corrected chi connectivity index (χ1v) is 9.48. The van der Waals surface area contributed by atoms with E-state index in [0.29, 0.717) is 29.1 Å². The first-order chi connectivity index (χ1) is 12.2. The molecule has 0 amide bonds. The molecule has 0 saturated heterocycles. The van der Waals surface area contributed by atoms with Gasteiger partial charge in [-0.2, -0.15) is 5.26 Å². The van der Waals surface area contributed by atoms with Crippen molar-refractivity contribution in [3.8, 4) is 6.07 Å². The van der Waals surface area contributed by atoms with E-state index in [2.05, 4.69) is 21.0 Å². The SMILES string of the molecule is CN1C(N)=N[C@](C)(c2cccc(Cc3ncccc3C#N)n2)CS1(=O)=O. The Balaban J connectivity index is 1.99. The van der Waals surface area contributed by atoms with Gasteiger partial charge in [-0.3, -0.25) is 9.97 Å². The Morgan fingerprint density at radius 2 is 2.12 bits per heavy atom. The van der Waals surface area contributed by atoms with Crippen LogP contribution in [0.15, 0.2) is 41.5 Å². The number of rotatable bonds is 3. The van der Waals surface area contributed by atoms with Gasteiger partial charge in [-0.15, -0.1) is 0 Å². The van der Waals surface area contributed by atoms with E-state index in [-0.39, 0.29) is 11.7 Å². The molecule has 2 aromatic rings. The van der Waals surface area contributed by atoms with Crippen LogP contribution in [0.2, 0.25) is 0 Å². The number of guanidine groups is 1. The van der Waals surface area contributed by atoms with Crippen LogP contribution in [0.5, 0.6) is 0 Å². The second kappa shape index (κ2) is 6.38.